The van der Waals surface area contributed by atoms with Gasteiger partial charge in [0.2, 0.25) is 0 Å². The number of anilines is 1. The standard InChI is InChI=1S/C22H24N2O5S2/c1-3-28-18-10-5-11-19-20(18)23-22(30-19)24(14-16-8-6-12-29-16)21(25)15-7-4-9-17(13-15)31(2,26)27/h4-5,7,9-11,13,16H,3,6,8,12,14H2,1-2H3. The number of hydrogen-bond donors (Lipinski definition) is 0. The molecule has 1 fully saturated rings. The fraction of sp³-hybridized carbons (Fsp3) is 0.364. The van der Waals surface area contributed by atoms with Crippen molar-refractivity contribution in [2.45, 2.75) is 30.8 Å². The van der Waals surface area contributed by atoms with Crippen LogP contribution in [0.1, 0.15) is 30.1 Å². The SMILES string of the molecule is CCOc1cccc2sc(N(CC3CCCO3)C(=O)c3cccc(S(C)(=O)=O)c3)nc12. The predicted octanol–water partition coefficient (Wildman–Crippen LogP) is 3.92. The number of rotatable bonds is 7. The Kier molecular flexibility index (Phi) is 6.27. The molecule has 2 aromatic carbocycles. The van der Waals surface area contributed by atoms with Crippen molar-refractivity contribution in [3.05, 3.63) is 48.0 Å². The molecule has 3 aromatic rings. The van der Waals surface area contributed by atoms with Gasteiger partial charge in [0.05, 0.1) is 28.9 Å². The minimum Gasteiger partial charge on any atom is -0.492 e. The van der Waals surface area contributed by atoms with E-state index in [9.17, 15) is 13.2 Å². The molecule has 1 atom stereocenters. The van der Waals surface area contributed by atoms with Gasteiger partial charge in [0.15, 0.2) is 15.0 Å². The lowest BCUT2D eigenvalue weighted by Gasteiger charge is -2.23. The lowest BCUT2D eigenvalue weighted by molar-refractivity contribution is 0.0917. The number of para-hydroxylation sites is 1. The van der Waals surface area contributed by atoms with Crippen LogP contribution in [-0.4, -0.2) is 51.4 Å². The maximum Gasteiger partial charge on any atom is 0.260 e. The molecule has 0 aliphatic carbocycles. The van der Waals surface area contributed by atoms with Crippen molar-refractivity contribution in [1.82, 2.24) is 4.98 Å². The molecule has 164 valence electrons. The van der Waals surface area contributed by atoms with Crippen LogP contribution in [0.3, 0.4) is 0 Å². The summed E-state index contributed by atoms with van der Waals surface area (Å²) < 4.78 is 36.3. The summed E-state index contributed by atoms with van der Waals surface area (Å²) in [5, 5.41) is 0.535. The molecule has 0 bridgehead atoms. The van der Waals surface area contributed by atoms with Crippen molar-refractivity contribution in [1.29, 1.82) is 0 Å². The van der Waals surface area contributed by atoms with Crippen LogP contribution in [0, 0.1) is 0 Å². The summed E-state index contributed by atoms with van der Waals surface area (Å²) in [6.07, 6.45) is 2.86. The summed E-state index contributed by atoms with van der Waals surface area (Å²) in [6.45, 7) is 3.45. The van der Waals surface area contributed by atoms with Crippen molar-refractivity contribution < 1.29 is 22.7 Å². The number of carbonyl (C=O) groups is 1. The molecule has 1 unspecified atom stereocenters. The number of sulfone groups is 1. The predicted molar refractivity (Wildman–Crippen MR) is 121 cm³/mol. The first-order valence-electron chi connectivity index (χ1n) is 10.1. The van der Waals surface area contributed by atoms with Crippen molar-refractivity contribution >= 4 is 42.4 Å². The van der Waals surface area contributed by atoms with Gasteiger partial charge in [-0.1, -0.05) is 23.5 Å². The summed E-state index contributed by atoms with van der Waals surface area (Å²) in [4.78, 5) is 19.9. The fourth-order valence-electron chi connectivity index (χ4n) is 3.55. The topological polar surface area (TPSA) is 85.8 Å². The number of fused-ring (bicyclic) bond motifs is 1. The molecule has 7 nitrogen and oxygen atoms in total. The van der Waals surface area contributed by atoms with E-state index in [1.165, 1.54) is 23.5 Å². The zero-order chi connectivity index (χ0) is 22.0. The molecule has 0 spiro atoms. The van der Waals surface area contributed by atoms with E-state index in [0.29, 0.717) is 41.7 Å². The molecule has 0 saturated carbocycles. The van der Waals surface area contributed by atoms with E-state index in [-0.39, 0.29) is 16.9 Å². The van der Waals surface area contributed by atoms with Gasteiger partial charge in [-0.25, -0.2) is 13.4 Å². The number of amides is 1. The summed E-state index contributed by atoms with van der Waals surface area (Å²) in [5.41, 5.74) is 1.00. The molecule has 1 saturated heterocycles. The average Bonchev–Trinajstić information content (AvgIpc) is 3.41. The van der Waals surface area contributed by atoms with Crippen molar-refractivity contribution in [3.8, 4) is 5.75 Å². The Bertz CT molecular complexity index is 1200. The minimum absolute atomic E-state index is 0.0829. The molecule has 1 aromatic heterocycles. The van der Waals surface area contributed by atoms with Gasteiger partial charge in [0.1, 0.15) is 11.3 Å². The molecule has 0 radical (unpaired) electrons. The Morgan fingerprint density at radius 3 is 2.81 bits per heavy atom. The highest BCUT2D eigenvalue weighted by atomic mass is 32.2. The third-order valence-corrected chi connectivity index (χ3v) is 7.22. The molecule has 31 heavy (non-hydrogen) atoms. The summed E-state index contributed by atoms with van der Waals surface area (Å²) in [5.74, 6) is 0.365. The zero-order valence-corrected chi connectivity index (χ0v) is 19.0. The van der Waals surface area contributed by atoms with Crippen LogP contribution in [0.2, 0.25) is 0 Å². The third kappa shape index (κ3) is 4.73. The van der Waals surface area contributed by atoms with Crippen molar-refractivity contribution in [3.63, 3.8) is 0 Å². The molecular formula is C22H24N2O5S2. The Morgan fingerprint density at radius 2 is 2.10 bits per heavy atom. The van der Waals surface area contributed by atoms with Crippen molar-refractivity contribution in [2.75, 3.05) is 30.9 Å². The van der Waals surface area contributed by atoms with Crippen molar-refractivity contribution in [2.24, 2.45) is 0 Å². The van der Waals surface area contributed by atoms with Crippen LogP contribution in [-0.2, 0) is 14.6 Å². The fourth-order valence-corrected chi connectivity index (χ4v) is 5.21. The maximum atomic E-state index is 13.5. The van der Waals surface area contributed by atoms with Crippen LogP contribution in [0.5, 0.6) is 5.75 Å². The van der Waals surface area contributed by atoms with E-state index in [0.717, 1.165) is 23.8 Å². The lowest BCUT2D eigenvalue weighted by Crippen LogP contribution is -2.37. The van der Waals surface area contributed by atoms with Gasteiger partial charge in [0, 0.05) is 18.4 Å². The number of nitrogens with zero attached hydrogens (tertiary/aromatic N) is 2. The zero-order valence-electron chi connectivity index (χ0n) is 17.4. The second kappa shape index (κ2) is 8.94. The molecule has 1 aliphatic heterocycles. The van der Waals surface area contributed by atoms with Gasteiger partial charge in [-0.3, -0.25) is 9.69 Å². The van der Waals surface area contributed by atoms with Crippen LogP contribution in [0.25, 0.3) is 10.2 Å². The Labute approximate surface area is 185 Å². The monoisotopic (exact) mass is 460 g/mol. The third-order valence-electron chi connectivity index (χ3n) is 5.07. The van der Waals surface area contributed by atoms with E-state index in [2.05, 4.69) is 0 Å². The van der Waals surface area contributed by atoms with E-state index in [1.807, 2.05) is 25.1 Å². The van der Waals surface area contributed by atoms with Gasteiger partial charge in [-0.15, -0.1) is 0 Å². The Hall–Kier alpha value is -2.49. The van der Waals surface area contributed by atoms with Crippen LogP contribution < -0.4 is 9.64 Å². The number of thiazole rings is 1. The van der Waals surface area contributed by atoms with E-state index < -0.39 is 9.84 Å². The van der Waals surface area contributed by atoms with Gasteiger partial charge in [0.25, 0.3) is 5.91 Å². The quantitative estimate of drug-likeness (QED) is 0.531. The summed E-state index contributed by atoms with van der Waals surface area (Å²) >= 11 is 1.40. The minimum atomic E-state index is -3.43. The summed E-state index contributed by atoms with van der Waals surface area (Å²) in [7, 11) is -3.43. The van der Waals surface area contributed by atoms with Gasteiger partial charge >= 0.3 is 0 Å². The summed E-state index contributed by atoms with van der Waals surface area (Å²) in [6, 6.07) is 11.8. The largest absolute Gasteiger partial charge is 0.492 e. The van der Waals surface area contributed by atoms with Gasteiger partial charge < -0.3 is 9.47 Å². The number of hydrogen-bond acceptors (Lipinski definition) is 7. The Balaban J connectivity index is 1.75. The number of ether oxygens (including phenoxy) is 2. The first-order chi connectivity index (χ1) is 14.9. The van der Waals surface area contributed by atoms with Crippen LogP contribution >= 0.6 is 11.3 Å². The molecule has 1 aliphatic rings. The highest BCUT2D eigenvalue weighted by Gasteiger charge is 2.28. The molecule has 2 heterocycles. The average molecular weight is 461 g/mol. The number of carbonyl (C=O) groups excluding carboxylic acids is 1. The smallest absolute Gasteiger partial charge is 0.260 e. The highest BCUT2D eigenvalue weighted by molar-refractivity contribution is 7.90. The molecule has 0 N–H and O–H groups in total. The van der Waals surface area contributed by atoms with Crippen LogP contribution in [0.4, 0.5) is 5.13 Å². The first-order valence-corrected chi connectivity index (χ1v) is 12.8. The van der Waals surface area contributed by atoms with Gasteiger partial charge in [-0.05, 0) is 50.1 Å². The van der Waals surface area contributed by atoms with Crippen LogP contribution in [0.15, 0.2) is 47.4 Å². The van der Waals surface area contributed by atoms with Gasteiger partial charge in [-0.2, -0.15) is 0 Å². The normalized spacial score (nSPS) is 16.5. The van der Waals surface area contributed by atoms with E-state index in [1.54, 1.807) is 17.0 Å². The lowest BCUT2D eigenvalue weighted by atomic mass is 10.2. The van der Waals surface area contributed by atoms with E-state index >= 15 is 0 Å². The molecule has 1 amide bonds. The highest BCUT2D eigenvalue weighted by Crippen LogP contribution is 2.35. The molecule has 4 rings (SSSR count). The Morgan fingerprint density at radius 1 is 1.29 bits per heavy atom. The maximum absolute atomic E-state index is 13.5. The second-order valence-electron chi connectivity index (χ2n) is 7.38. The second-order valence-corrected chi connectivity index (χ2v) is 10.4. The number of aromatic nitrogens is 1. The number of benzene rings is 2. The molecule has 9 heteroatoms. The first kappa shape index (κ1) is 21.7. The van der Waals surface area contributed by atoms with E-state index in [4.69, 9.17) is 14.5 Å². The molecular weight excluding hydrogens is 436 g/mol.